The number of ether oxygens (including phenoxy) is 1. The zero-order valence-electron chi connectivity index (χ0n) is 8.37. The molecule has 0 spiro atoms. The van der Waals surface area contributed by atoms with Crippen molar-refractivity contribution in [3.8, 4) is 0 Å². The maximum atomic E-state index is 9.67. The lowest BCUT2D eigenvalue weighted by molar-refractivity contribution is 0.0478. The smallest absolute Gasteiger partial charge is 0.0633 e. The van der Waals surface area contributed by atoms with Crippen LogP contribution in [-0.4, -0.2) is 35.9 Å². The van der Waals surface area contributed by atoms with Crippen LogP contribution in [0.15, 0.2) is 0 Å². The first-order valence-corrected chi connectivity index (χ1v) is 6.32. The number of thioether (sulfide) groups is 1. The lowest BCUT2D eigenvalue weighted by atomic mass is 9.94. The minimum atomic E-state index is -0.104. The van der Waals surface area contributed by atoms with Gasteiger partial charge in [0.05, 0.1) is 6.10 Å². The summed E-state index contributed by atoms with van der Waals surface area (Å²) >= 11 is 1.82. The number of hydrogen-bond donors (Lipinski definition) is 1. The van der Waals surface area contributed by atoms with Crippen LogP contribution in [0.5, 0.6) is 0 Å². The molecule has 3 heteroatoms. The number of aliphatic hydroxyl groups is 1. The Kier molecular flexibility index (Phi) is 5.83. The lowest BCUT2D eigenvalue weighted by Crippen LogP contribution is -2.22. The van der Waals surface area contributed by atoms with Crippen molar-refractivity contribution >= 4 is 11.8 Å². The van der Waals surface area contributed by atoms with Crippen LogP contribution in [-0.2, 0) is 4.74 Å². The van der Waals surface area contributed by atoms with Crippen molar-refractivity contribution in [3.05, 3.63) is 0 Å². The summed E-state index contributed by atoms with van der Waals surface area (Å²) in [7, 11) is 0. The van der Waals surface area contributed by atoms with E-state index in [9.17, 15) is 5.11 Å². The topological polar surface area (TPSA) is 29.5 Å². The highest BCUT2D eigenvalue weighted by atomic mass is 32.2. The minimum Gasteiger partial charge on any atom is -0.392 e. The summed E-state index contributed by atoms with van der Waals surface area (Å²) in [4.78, 5) is 0. The van der Waals surface area contributed by atoms with E-state index < -0.39 is 0 Å². The van der Waals surface area contributed by atoms with Gasteiger partial charge in [-0.2, -0.15) is 11.8 Å². The molecular weight excluding hydrogens is 184 g/mol. The van der Waals surface area contributed by atoms with Crippen LogP contribution in [0.4, 0.5) is 0 Å². The molecule has 1 atom stereocenters. The fourth-order valence-corrected chi connectivity index (χ4v) is 2.33. The molecule has 0 saturated carbocycles. The first-order valence-electron chi connectivity index (χ1n) is 5.16. The second kappa shape index (κ2) is 6.68. The molecule has 0 aliphatic carbocycles. The third-order valence-corrected chi connectivity index (χ3v) is 3.49. The number of rotatable bonds is 5. The van der Waals surface area contributed by atoms with E-state index in [1.165, 1.54) is 0 Å². The van der Waals surface area contributed by atoms with Gasteiger partial charge in [-0.25, -0.2) is 0 Å². The molecule has 0 aromatic carbocycles. The van der Waals surface area contributed by atoms with Gasteiger partial charge in [-0.05, 0) is 30.9 Å². The molecule has 2 nitrogen and oxygen atoms in total. The van der Waals surface area contributed by atoms with Gasteiger partial charge in [-0.15, -0.1) is 0 Å². The van der Waals surface area contributed by atoms with Gasteiger partial charge >= 0.3 is 0 Å². The van der Waals surface area contributed by atoms with Gasteiger partial charge < -0.3 is 9.84 Å². The highest BCUT2D eigenvalue weighted by Gasteiger charge is 2.17. The standard InChI is InChI=1S/C10H20O2S/c1-2-13-8-10(11)7-9-3-5-12-6-4-9/h9-11H,2-8H2,1H3. The molecule has 1 saturated heterocycles. The van der Waals surface area contributed by atoms with E-state index in [2.05, 4.69) is 6.92 Å². The average molecular weight is 204 g/mol. The molecule has 1 unspecified atom stereocenters. The van der Waals surface area contributed by atoms with E-state index in [1.54, 1.807) is 0 Å². The second-order valence-corrected chi connectivity index (χ2v) is 4.92. The molecule has 1 heterocycles. The van der Waals surface area contributed by atoms with E-state index in [4.69, 9.17) is 4.74 Å². The van der Waals surface area contributed by atoms with Gasteiger partial charge in [0.1, 0.15) is 0 Å². The lowest BCUT2D eigenvalue weighted by Gasteiger charge is -2.24. The maximum absolute atomic E-state index is 9.67. The van der Waals surface area contributed by atoms with Gasteiger partial charge in [0, 0.05) is 19.0 Å². The van der Waals surface area contributed by atoms with Crippen molar-refractivity contribution in [2.75, 3.05) is 24.7 Å². The Labute approximate surface area is 85.0 Å². The molecular formula is C10H20O2S. The van der Waals surface area contributed by atoms with Gasteiger partial charge in [0.25, 0.3) is 0 Å². The third-order valence-electron chi connectivity index (χ3n) is 2.46. The highest BCUT2D eigenvalue weighted by Crippen LogP contribution is 2.21. The molecule has 78 valence electrons. The molecule has 1 rings (SSSR count). The Morgan fingerprint density at radius 3 is 2.77 bits per heavy atom. The molecule has 0 radical (unpaired) electrons. The van der Waals surface area contributed by atoms with Crippen LogP contribution in [0.2, 0.25) is 0 Å². The van der Waals surface area contributed by atoms with Crippen LogP contribution >= 0.6 is 11.8 Å². The highest BCUT2D eigenvalue weighted by molar-refractivity contribution is 7.99. The Hall–Kier alpha value is 0.270. The molecule has 1 aliphatic rings. The van der Waals surface area contributed by atoms with E-state index in [0.717, 1.165) is 44.0 Å². The van der Waals surface area contributed by atoms with E-state index in [0.29, 0.717) is 5.92 Å². The molecule has 13 heavy (non-hydrogen) atoms. The van der Waals surface area contributed by atoms with E-state index in [1.807, 2.05) is 11.8 Å². The summed E-state index contributed by atoms with van der Waals surface area (Å²) in [5, 5.41) is 9.67. The molecule has 1 fully saturated rings. The first-order chi connectivity index (χ1) is 6.33. The van der Waals surface area contributed by atoms with Crippen LogP contribution in [0.25, 0.3) is 0 Å². The van der Waals surface area contributed by atoms with Gasteiger partial charge in [-0.3, -0.25) is 0 Å². The van der Waals surface area contributed by atoms with Gasteiger partial charge in [-0.1, -0.05) is 6.92 Å². The van der Waals surface area contributed by atoms with Crippen molar-refractivity contribution in [1.29, 1.82) is 0 Å². The zero-order chi connectivity index (χ0) is 9.52. The van der Waals surface area contributed by atoms with Crippen molar-refractivity contribution in [1.82, 2.24) is 0 Å². The predicted octanol–water partition coefficient (Wildman–Crippen LogP) is 1.92. The van der Waals surface area contributed by atoms with Crippen molar-refractivity contribution in [2.24, 2.45) is 5.92 Å². The summed E-state index contributed by atoms with van der Waals surface area (Å²) < 4.78 is 5.28. The quantitative estimate of drug-likeness (QED) is 0.742. The predicted molar refractivity (Wildman–Crippen MR) is 57.2 cm³/mol. The molecule has 0 aromatic rings. The average Bonchev–Trinajstić information content (AvgIpc) is 2.16. The molecule has 0 bridgehead atoms. The van der Waals surface area contributed by atoms with Crippen LogP contribution < -0.4 is 0 Å². The maximum Gasteiger partial charge on any atom is 0.0633 e. The minimum absolute atomic E-state index is 0.104. The molecule has 0 aromatic heterocycles. The van der Waals surface area contributed by atoms with E-state index in [-0.39, 0.29) is 6.10 Å². The zero-order valence-corrected chi connectivity index (χ0v) is 9.18. The monoisotopic (exact) mass is 204 g/mol. The Morgan fingerprint density at radius 1 is 1.46 bits per heavy atom. The molecule has 1 aliphatic heterocycles. The SMILES string of the molecule is CCSCC(O)CC1CCOCC1. The van der Waals surface area contributed by atoms with Crippen LogP contribution in [0.3, 0.4) is 0 Å². The first kappa shape index (κ1) is 11.3. The normalized spacial score (nSPS) is 21.7. The van der Waals surface area contributed by atoms with Crippen LogP contribution in [0, 0.1) is 5.92 Å². The fourth-order valence-electron chi connectivity index (χ4n) is 1.69. The summed E-state index contributed by atoms with van der Waals surface area (Å²) in [6, 6.07) is 0. The van der Waals surface area contributed by atoms with E-state index >= 15 is 0 Å². The molecule has 0 amide bonds. The Bertz CT molecular complexity index is 124. The fraction of sp³-hybridized carbons (Fsp3) is 1.00. The number of aliphatic hydroxyl groups excluding tert-OH is 1. The molecule has 1 N–H and O–H groups in total. The Balaban J connectivity index is 2.07. The van der Waals surface area contributed by atoms with Gasteiger partial charge in [0.2, 0.25) is 0 Å². The number of hydrogen-bond acceptors (Lipinski definition) is 3. The second-order valence-electron chi connectivity index (χ2n) is 3.60. The summed E-state index contributed by atoms with van der Waals surface area (Å²) in [6.07, 6.45) is 3.13. The van der Waals surface area contributed by atoms with Crippen molar-refractivity contribution < 1.29 is 9.84 Å². The Morgan fingerprint density at radius 2 is 2.15 bits per heavy atom. The van der Waals surface area contributed by atoms with Gasteiger partial charge in [0.15, 0.2) is 0 Å². The van der Waals surface area contributed by atoms with Crippen molar-refractivity contribution in [2.45, 2.75) is 32.3 Å². The summed E-state index contributed by atoms with van der Waals surface area (Å²) in [5.74, 6) is 2.69. The van der Waals surface area contributed by atoms with Crippen LogP contribution in [0.1, 0.15) is 26.2 Å². The summed E-state index contributed by atoms with van der Waals surface area (Å²) in [5.41, 5.74) is 0. The largest absolute Gasteiger partial charge is 0.392 e. The summed E-state index contributed by atoms with van der Waals surface area (Å²) in [6.45, 7) is 3.91. The third kappa shape index (κ3) is 4.89. The van der Waals surface area contributed by atoms with Crippen molar-refractivity contribution in [3.63, 3.8) is 0 Å².